The molecule has 5 heteroatoms. The first kappa shape index (κ1) is 24.1. The molecular formula is C29H34O5. The van der Waals surface area contributed by atoms with E-state index in [1.54, 1.807) is 13.0 Å². The van der Waals surface area contributed by atoms with Gasteiger partial charge in [-0.1, -0.05) is 25.1 Å². The second kappa shape index (κ2) is 10.9. The number of benzene rings is 2. The van der Waals surface area contributed by atoms with Gasteiger partial charge >= 0.3 is 5.97 Å². The molecule has 34 heavy (non-hydrogen) atoms. The Labute approximate surface area is 201 Å². The molecule has 2 atom stereocenters. The lowest BCUT2D eigenvalue weighted by Gasteiger charge is -2.23. The summed E-state index contributed by atoms with van der Waals surface area (Å²) in [6.45, 7) is 6.39. The molecule has 3 aromatic rings. The SMILES string of the molecule is CCOC(=O)c1cc2cc(CCC(CC)c3ccc(OC4CCCCC4=O)c(C)c3)ccc2o1. The number of esters is 1. The Morgan fingerprint density at radius 3 is 2.71 bits per heavy atom. The zero-order chi connectivity index (χ0) is 24.1. The predicted octanol–water partition coefficient (Wildman–Crippen LogP) is 6.93. The van der Waals surface area contributed by atoms with Gasteiger partial charge < -0.3 is 13.9 Å². The van der Waals surface area contributed by atoms with Crippen LogP contribution in [0.1, 0.15) is 85.5 Å². The maximum atomic E-state index is 12.1. The highest BCUT2D eigenvalue weighted by molar-refractivity contribution is 5.92. The largest absolute Gasteiger partial charge is 0.482 e. The first-order chi connectivity index (χ1) is 16.5. The Morgan fingerprint density at radius 1 is 1.12 bits per heavy atom. The molecule has 180 valence electrons. The maximum absolute atomic E-state index is 12.1. The molecule has 2 aromatic carbocycles. The summed E-state index contributed by atoms with van der Waals surface area (Å²) in [6, 6.07) is 14.2. The minimum atomic E-state index is -0.429. The van der Waals surface area contributed by atoms with Crippen molar-refractivity contribution in [1.29, 1.82) is 0 Å². The second-order valence-electron chi connectivity index (χ2n) is 9.19. The van der Waals surface area contributed by atoms with Gasteiger partial charge in [-0.3, -0.25) is 4.79 Å². The van der Waals surface area contributed by atoms with Crippen LogP contribution in [0.25, 0.3) is 11.0 Å². The van der Waals surface area contributed by atoms with E-state index in [0.717, 1.165) is 55.2 Å². The average molecular weight is 463 g/mol. The highest BCUT2D eigenvalue weighted by atomic mass is 16.5. The summed E-state index contributed by atoms with van der Waals surface area (Å²) in [4.78, 5) is 24.1. The fraction of sp³-hybridized carbons (Fsp3) is 0.448. The number of carbonyl (C=O) groups excluding carboxylic acids is 2. The van der Waals surface area contributed by atoms with Gasteiger partial charge in [0, 0.05) is 11.8 Å². The van der Waals surface area contributed by atoms with Gasteiger partial charge in [0.25, 0.3) is 0 Å². The third-order valence-electron chi connectivity index (χ3n) is 6.77. The molecule has 0 aliphatic heterocycles. The number of furan rings is 1. The molecule has 0 bridgehead atoms. The quantitative estimate of drug-likeness (QED) is 0.322. The van der Waals surface area contributed by atoms with Crippen molar-refractivity contribution in [2.24, 2.45) is 0 Å². The minimum Gasteiger partial charge on any atom is -0.482 e. The molecule has 4 rings (SSSR count). The van der Waals surface area contributed by atoms with E-state index in [2.05, 4.69) is 38.1 Å². The van der Waals surface area contributed by atoms with Crippen molar-refractivity contribution in [2.75, 3.05) is 6.61 Å². The van der Waals surface area contributed by atoms with Crippen LogP contribution in [0, 0.1) is 6.92 Å². The van der Waals surface area contributed by atoms with Crippen molar-refractivity contribution < 1.29 is 23.5 Å². The van der Waals surface area contributed by atoms with Gasteiger partial charge in [0.05, 0.1) is 6.61 Å². The molecule has 0 saturated heterocycles. The van der Waals surface area contributed by atoms with E-state index in [4.69, 9.17) is 13.9 Å². The molecule has 0 spiro atoms. The Bertz CT molecular complexity index is 1160. The summed E-state index contributed by atoms with van der Waals surface area (Å²) >= 11 is 0. The zero-order valence-electron chi connectivity index (χ0n) is 20.4. The van der Waals surface area contributed by atoms with Crippen molar-refractivity contribution in [3.8, 4) is 5.75 Å². The van der Waals surface area contributed by atoms with E-state index in [-0.39, 0.29) is 17.6 Å². The normalized spacial score (nSPS) is 17.0. The van der Waals surface area contributed by atoms with E-state index >= 15 is 0 Å². The lowest BCUT2D eigenvalue weighted by Crippen LogP contribution is -2.30. The molecule has 0 N–H and O–H groups in total. The molecule has 0 amide bonds. The number of ketones is 1. The third kappa shape index (κ3) is 5.52. The fourth-order valence-electron chi connectivity index (χ4n) is 4.79. The number of ether oxygens (including phenoxy) is 2. The summed E-state index contributed by atoms with van der Waals surface area (Å²) in [7, 11) is 0. The van der Waals surface area contributed by atoms with Crippen LogP contribution < -0.4 is 4.74 Å². The smallest absolute Gasteiger partial charge is 0.374 e. The van der Waals surface area contributed by atoms with Gasteiger partial charge in [-0.25, -0.2) is 4.79 Å². The third-order valence-corrected chi connectivity index (χ3v) is 6.77. The number of fused-ring (bicyclic) bond motifs is 1. The Hall–Kier alpha value is -3.08. The van der Waals surface area contributed by atoms with Crippen LogP contribution in [0.3, 0.4) is 0 Å². The summed E-state index contributed by atoms with van der Waals surface area (Å²) in [5.74, 6) is 1.29. The van der Waals surface area contributed by atoms with Crippen molar-refractivity contribution in [3.63, 3.8) is 0 Å². The molecule has 1 aliphatic rings. The van der Waals surface area contributed by atoms with Gasteiger partial charge in [-0.2, -0.15) is 0 Å². The van der Waals surface area contributed by atoms with Crippen molar-refractivity contribution in [2.45, 2.75) is 77.7 Å². The van der Waals surface area contributed by atoms with Crippen LogP contribution in [0.4, 0.5) is 0 Å². The Balaban J connectivity index is 1.41. The highest BCUT2D eigenvalue weighted by Gasteiger charge is 2.24. The van der Waals surface area contributed by atoms with E-state index in [0.29, 0.717) is 24.5 Å². The summed E-state index contributed by atoms with van der Waals surface area (Å²) < 4.78 is 16.7. The van der Waals surface area contributed by atoms with Gasteiger partial charge in [0.2, 0.25) is 5.76 Å². The molecule has 1 saturated carbocycles. The number of hydrogen-bond acceptors (Lipinski definition) is 5. The zero-order valence-corrected chi connectivity index (χ0v) is 20.4. The Morgan fingerprint density at radius 2 is 1.97 bits per heavy atom. The number of aryl methyl sites for hydroxylation is 2. The van der Waals surface area contributed by atoms with Crippen LogP contribution in [0.5, 0.6) is 5.75 Å². The van der Waals surface area contributed by atoms with E-state index < -0.39 is 5.97 Å². The van der Waals surface area contributed by atoms with Crippen molar-refractivity contribution in [1.82, 2.24) is 0 Å². The standard InChI is InChI=1S/C29H34O5/c1-4-21(22-13-15-25(19(3)16-22)33-27-9-7-6-8-24(27)30)12-10-20-11-14-26-23(17-20)18-28(34-26)29(31)32-5-2/h11,13-18,21,27H,4-10,12H2,1-3H3. The van der Waals surface area contributed by atoms with E-state index in [1.807, 2.05) is 12.1 Å². The molecule has 2 unspecified atom stereocenters. The molecule has 5 nitrogen and oxygen atoms in total. The van der Waals surface area contributed by atoms with Crippen LogP contribution in [-0.4, -0.2) is 24.5 Å². The van der Waals surface area contributed by atoms with Gasteiger partial charge in [0.15, 0.2) is 11.9 Å². The van der Waals surface area contributed by atoms with E-state index in [1.165, 1.54) is 11.1 Å². The van der Waals surface area contributed by atoms with Crippen LogP contribution in [0.2, 0.25) is 0 Å². The minimum absolute atomic E-state index is 0.227. The summed E-state index contributed by atoms with van der Waals surface area (Å²) in [5.41, 5.74) is 4.30. The van der Waals surface area contributed by atoms with Crippen LogP contribution in [0.15, 0.2) is 46.9 Å². The lowest BCUT2D eigenvalue weighted by atomic mass is 9.89. The van der Waals surface area contributed by atoms with Crippen molar-refractivity contribution >= 4 is 22.7 Å². The molecule has 1 heterocycles. The lowest BCUT2D eigenvalue weighted by molar-refractivity contribution is -0.127. The second-order valence-corrected chi connectivity index (χ2v) is 9.19. The highest BCUT2D eigenvalue weighted by Crippen LogP contribution is 2.31. The Kier molecular flexibility index (Phi) is 7.71. The van der Waals surface area contributed by atoms with Crippen LogP contribution in [-0.2, 0) is 16.0 Å². The van der Waals surface area contributed by atoms with Gasteiger partial charge in [-0.05, 0) is 99.2 Å². The molecule has 0 radical (unpaired) electrons. The summed E-state index contributed by atoms with van der Waals surface area (Å²) in [6.07, 6.45) is 6.20. The predicted molar refractivity (Wildman–Crippen MR) is 133 cm³/mol. The molecule has 1 fully saturated rings. The fourth-order valence-corrected chi connectivity index (χ4v) is 4.79. The number of Topliss-reactive ketones (excluding diaryl/α,β-unsaturated/α-hetero) is 1. The molecule has 1 aromatic heterocycles. The topological polar surface area (TPSA) is 65.7 Å². The molecule has 1 aliphatic carbocycles. The summed E-state index contributed by atoms with van der Waals surface area (Å²) in [5, 5.41) is 0.920. The van der Waals surface area contributed by atoms with Crippen molar-refractivity contribution in [3.05, 3.63) is 64.9 Å². The van der Waals surface area contributed by atoms with Gasteiger partial charge in [0.1, 0.15) is 11.3 Å². The van der Waals surface area contributed by atoms with Crippen LogP contribution >= 0.6 is 0 Å². The average Bonchev–Trinajstić information content (AvgIpc) is 3.26. The first-order valence-electron chi connectivity index (χ1n) is 12.5. The number of hydrogen-bond donors (Lipinski definition) is 0. The van der Waals surface area contributed by atoms with Gasteiger partial charge in [-0.15, -0.1) is 0 Å². The first-order valence-corrected chi connectivity index (χ1v) is 12.5. The van der Waals surface area contributed by atoms with E-state index in [9.17, 15) is 9.59 Å². The molecular weight excluding hydrogens is 428 g/mol. The maximum Gasteiger partial charge on any atom is 0.374 e. The number of rotatable bonds is 9. The number of carbonyl (C=O) groups is 2. The monoisotopic (exact) mass is 462 g/mol.